The second kappa shape index (κ2) is 7.47. The van der Waals surface area contributed by atoms with Crippen LogP contribution >= 0.6 is 0 Å². The van der Waals surface area contributed by atoms with Crippen molar-refractivity contribution in [3.05, 3.63) is 29.8 Å². The molecule has 1 fully saturated rings. The molecule has 0 radical (unpaired) electrons. The zero-order valence-electron chi connectivity index (χ0n) is 13.7. The molecular weight excluding hydrogens is 292 g/mol. The first-order valence-electron chi connectivity index (χ1n) is 8.05. The maximum Gasteiger partial charge on any atom is 0.263 e. The maximum atomic E-state index is 12.5. The largest absolute Gasteiger partial charge is 0.478 e. The standard InChI is InChI=1S/C18H24N2O3/c1-18(2,23-16-9-5-13(11-19)6-10-16)17(22)20-15-7-3-14(12-21)4-8-15/h5-6,9-10,14-15,21H,3-4,7-8,12H2,1-2H3,(H,20,22). The van der Waals surface area contributed by atoms with E-state index >= 15 is 0 Å². The van der Waals surface area contributed by atoms with Gasteiger partial charge < -0.3 is 15.2 Å². The molecule has 0 spiro atoms. The molecule has 5 heteroatoms. The van der Waals surface area contributed by atoms with Crippen LogP contribution < -0.4 is 10.1 Å². The summed E-state index contributed by atoms with van der Waals surface area (Å²) in [7, 11) is 0. The molecule has 0 heterocycles. The van der Waals surface area contributed by atoms with E-state index in [0.29, 0.717) is 17.2 Å². The highest BCUT2D eigenvalue weighted by molar-refractivity contribution is 5.85. The monoisotopic (exact) mass is 316 g/mol. The van der Waals surface area contributed by atoms with Crippen LogP contribution in [-0.2, 0) is 4.79 Å². The summed E-state index contributed by atoms with van der Waals surface area (Å²) < 4.78 is 5.79. The highest BCUT2D eigenvalue weighted by Gasteiger charge is 2.32. The Morgan fingerprint density at radius 2 is 1.91 bits per heavy atom. The van der Waals surface area contributed by atoms with E-state index in [1.807, 2.05) is 6.07 Å². The van der Waals surface area contributed by atoms with E-state index in [2.05, 4.69) is 5.32 Å². The van der Waals surface area contributed by atoms with Crippen LogP contribution in [0.4, 0.5) is 0 Å². The van der Waals surface area contributed by atoms with Gasteiger partial charge in [-0.05, 0) is 69.7 Å². The lowest BCUT2D eigenvalue weighted by Crippen LogP contribution is -2.50. The van der Waals surface area contributed by atoms with E-state index in [1.54, 1.807) is 38.1 Å². The van der Waals surface area contributed by atoms with Gasteiger partial charge in [-0.3, -0.25) is 4.79 Å². The number of nitrogens with one attached hydrogen (secondary N) is 1. The van der Waals surface area contributed by atoms with Gasteiger partial charge in [0, 0.05) is 12.6 Å². The molecule has 2 rings (SSSR count). The van der Waals surface area contributed by atoms with Gasteiger partial charge in [-0.2, -0.15) is 5.26 Å². The molecule has 23 heavy (non-hydrogen) atoms. The molecular formula is C18H24N2O3. The second-order valence-corrected chi connectivity index (χ2v) is 6.62. The van der Waals surface area contributed by atoms with Gasteiger partial charge in [0.25, 0.3) is 5.91 Å². The van der Waals surface area contributed by atoms with Crippen LogP contribution in [0.1, 0.15) is 45.1 Å². The number of aliphatic hydroxyl groups is 1. The Kier molecular flexibility index (Phi) is 5.62. The molecule has 1 aliphatic rings. The predicted molar refractivity (Wildman–Crippen MR) is 86.8 cm³/mol. The van der Waals surface area contributed by atoms with Crippen molar-refractivity contribution in [2.24, 2.45) is 5.92 Å². The van der Waals surface area contributed by atoms with E-state index in [-0.39, 0.29) is 18.6 Å². The predicted octanol–water partition coefficient (Wildman–Crippen LogP) is 2.38. The van der Waals surface area contributed by atoms with Gasteiger partial charge in [0.15, 0.2) is 5.60 Å². The van der Waals surface area contributed by atoms with Crippen molar-refractivity contribution in [1.29, 1.82) is 5.26 Å². The molecule has 0 bridgehead atoms. The Labute approximate surface area is 137 Å². The van der Waals surface area contributed by atoms with Gasteiger partial charge >= 0.3 is 0 Å². The molecule has 1 aliphatic carbocycles. The Bertz CT molecular complexity index is 567. The van der Waals surface area contributed by atoms with Crippen LogP contribution in [0.25, 0.3) is 0 Å². The number of rotatable bonds is 5. The zero-order valence-corrected chi connectivity index (χ0v) is 13.7. The minimum Gasteiger partial charge on any atom is -0.478 e. The minimum atomic E-state index is -0.984. The minimum absolute atomic E-state index is 0.144. The van der Waals surface area contributed by atoms with E-state index in [4.69, 9.17) is 15.1 Å². The lowest BCUT2D eigenvalue weighted by atomic mass is 9.86. The molecule has 2 N–H and O–H groups in total. The van der Waals surface area contributed by atoms with Gasteiger partial charge in [0.05, 0.1) is 11.6 Å². The quantitative estimate of drug-likeness (QED) is 0.874. The Morgan fingerprint density at radius 3 is 2.43 bits per heavy atom. The van der Waals surface area contributed by atoms with Crippen molar-refractivity contribution in [2.75, 3.05) is 6.61 Å². The normalized spacial score (nSPS) is 21.3. The van der Waals surface area contributed by atoms with E-state index in [1.165, 1.54) is 0 Å². The fourth-order valence-electron chi connectivity index (χ4n) is 2.79. The number of ether oxygens (including phenoxy) is 1. The summed E-state index contributed by atoms with van der Waals surface area (Å²) in [5.41, 5.74) is -0.428. The third kappa shape index (κ3) is 4.70. The summed E-state index contributed by atoms with van der Waals surface area (Å²) in [5.74, 6) is 0.786. The molecule has 1 amide bonds. The highest BCUT2D eigenvalue weighted by Crippen LogP contribution is 2.25. The van der Waals surface area contributed by atoms with Crippen LogP contribution in [0.15, 0.2) is 24.3 Å². The third-order valence-corrected chi connectivity index (χ3v) is 4.34. The van der Waals surface area contributed by atoms with Crippen molar-refractivity contribution in [1.82, 2.24) is 5.32 Å². The molecule has 1 saturated carbocycles. The fourth-order valence-corrected chi connectivity index (χ4v) is 2.79. The average molecular weight is 316 g/mol. The van der Waals surface area contributed by atoms with E-state index in [0.717, 1.165) is 25.7 Å². The Balaban J connectivity index is 1.90. The molecule has 1 aromatic rings. The smallest absolute Gasteiger partial charge is 0.263 e. The molecule has 5 nitrogen and oxygen atoms in total. The van der Waals surface area contributed by atoms with Gasteiger partial charge in [0.1, 0.15) is 5.75 Å². The zero-order chi connectivity index (χ0) is 16.9. The van der Waals surface area contributed by atoms with Crippen LogP contribution in [0.5, 0.6) is 5.75 Å². The third-order valence-electron chi connectivity index (χ3n) is 4.34. The number of nitriles is 1. The number of aliphatic hydroxyl groups excluding tert-OH is 1. The SMILES string of the molecule is CC(C)(Oc1ccc(C#N)cc1)C(=O)NC1CCC(CO)CC1. The van der Waals surface area contributed by atoms with Gasteiger partial charge in [0.2, 0.25) is 0 Å². The molecule has 0 aliphatic heterocycles. The Morgan fingerprint density at radius 1 is 1.30 bits per heavy atom. The molecule has 0 aromatic heterocycles. The lowest BCUT2D eigenvalue weighted by Gasteiger charge is -2.32. The summed E-state index contributed by atoms with van der Waals surface area (Å²) in [5, 5.41) is 21.0. The van der Waals surface area contributed by atoms with Crippen LogP contribution in [-0.4, -0.2) is 29.3 Å². The number of benzene rings is 1. The first-order valence-corrected chi connectivity index (χ1v) is 8.05. The number of hydrogen-bond acceptors (Lipinski definition) is 4. The number of carbonyl (C=O) groups excluding carboxylic acids is 1. The van der Waals surface area contributed by atoms with Crippen molar-refractivity contribution < 1.29 is 14.6 Å². The van der Waals surface area contributed by atoms with Crippen molar-refractivity contribution in [3.63, 3.8) is 0 Å². The van der Waals surface area contributed by atoms with Gasteiger partial charge in [-0.1, -0.05) is 0 Å². The topological polar surface area (TPSA) is 82.3 Å². The lowest BCUT2D eigenvalue weighted by molar-refractivity contribution is -0.135. The maximum absolute atomic E-state index is 12.5. The first kappa shape index (κ1) is 17.3. The van der Waals surface area contributed by atoms with Gasteiger partial charge in [-0.15, -0.1) is 0 Å². The molecule has 0 saturated heterocycles. The van der Waals surface area contributed by atoms with Crippen molar-refractivity contribution in [2.45, 2.75) is 51.2 Å². The number of amides is 1. The molecule has 0 unspecified atom stereocenters. The van der Waals surface area contributed by atoms with Crippen LogP contribution in [0.2, 0.25) is 0 Å². The molecule has 124 valence electrons. The van der Waals surface area contributed by atoms with E-state index in [9.17, 15) is 4.79 Å². The van der Waals surface area contributed by atoms with Gasteiger partial charge in [-0.25, -0.2) is 0 Å². The van der Waals surface area contributed by atoms with E-state index < -0.39 is 5.60 Å². The fraction of sp³-hybridized carbons (Fsp3) is 0.556. The second-order valence-electron chi connectivity index (χ2n) is 6.62. The highest BCUT2D eigenvalue weighted by atomic mass is 16.5. The first-order chi connectivity index (χ1) is 10.9. The summed E-state index contributed by atoms with van der Waals surface area (Å²) in [4.78, 5) is 12.5. The number of carbonyl (C=O) groups is 1. The molecule has 0 atom stereocenters. The average Bonchev–Trinajstić information content (AvgIpc) is 2.56. The summed E-state index contributed by atoms with van der Waals surface area (Å²) in [6.45, 7) is 3.70. The van der Waals surface area contributed by atoms with Crippen molar-refractivity contribution >= 4 is 5.91 Å². The number of nitrogens with zero attached hydrogens (tertiary/aromatic N) is 1. The molecule has 1 aromatic carbocycles. The van der Waals surface area contributed by atoms with Crippen molar-refractivity contribution in [3.8, 4) is 11.8 Å². The summed E-state index contributed by atoms with van der Waals surface area (Å²) in [6.07, 6.45) is 3.67. The summed E-state index contributed by atoms with van der Waals surface area (Å²) in [6, 6.07) is 8.92. The van der Waals surface area contributed by atoms with Crippen LogP contribution in [0.3, 0.4) is 0 Å². The van der Waals surface area contributed by atoms with Crippen LogP contribution in [0, 0.1) is 17.2 Å². The summed E-state index contributed by atoms with van der Waals surface area (Å²) >= 11 is 0. The Hall–Kier alpha value is -2.06. The number of hydrogen-bond donors (Lipinski definition) is 2.